The van der Waals surface area contributed by atoms with Gasteiger partial charge in [-0.3, -0.25) is 23.9 Å². The van der Waals surface area contributed by atoms with E-state index in [-0.39, 0.29) is 30.5 Å². The molecule has 32 heavy (non-hydrogen) atoms. The van der Waals surface area contributed by atoms with Crippen LogP contribution in [0, 0.1) is 0 Å². The highest BCUT2D eigenvalue weighted by molar-refractivity contribution is 5.95. The molecule has 0 aliphatic carbocycles. The zero-order valence-corrected chi connectivity index (χ0v) is 18.8. The van der Waals surface area contributed by atoms with Gasteiger partial charge in [0.2, 0.25) is 11.8 Å². The van der Waals surface area contributed by atoms with Crippen molar-refractivity contribution < 1.29 is 14.3 Å². The van der Waals surface area contributed by atoms with Crippen molar-refractivity contribution in [3.8, 4) is 5.75 Å². The molecule has 0 aliphatic rings. The molecule has 1 aromatic heterocycles. The van der Waals surface area contributed by atoms with E-state index in [1.54, 1.807) is 24.3 Å². The van der Waals surface area contributed by atoms with Gasteiger partial charge in [-0.05, 0) is 18.6 Å². The normalized spacial score (nSPS) is 10.5. The van der Waals surface area contributed by atoms with Crippen LogP contribution in [-0.4, -0.2) is 60.6 Å². The Kier molecular flexibility index (Phi) is 8.45. The highest BCUT2D eigenvalue weighted by atomic mass is 16.5. The van der Waals surface area contributed by atoms with E-state index in [9.17, 15) is 19.2 Å². The molecule has 0 saturated carbocycles. The summed E-state index contributed by atoms with van der Waals surface area (Å²) in [6, 6.07) is 6.86. The first-order valence-electron chi connectivity index (χ1n) is 10.2. The molecule has 0 fully saturated rings. The second kappa shape index (κ2) is 11.0. The van der Waals surface area contributed by atoms with Crippen LogP contribution in [0.4, 0.5) is 17.2 Å². The maximum Gasteiger partial charge on any atom is 0.330 e. The monoisotopic (exact) mass is 446 g/mol. The van der Waals surface area contributed by atoms with Crippen LogP contribution in [0.15, 0.2) is 33.9 Å². The van der Waals surface area contributed by atoms with E-state index in [0.717, 1.165) is 6.42 Å². The number of ether oxygens (including phenoxy) is 1. The Morgan fingerprint density at radius 3 is 2.59 bits per heavy atom. The summed E-state index contributed by atoms with van der Waals surface area (Å²) in [4.78, 5) is 54.2. The molecule has 0 aliphatic heterocycles. The summed E-state index contributed by atoms with van der Waals surface area (Å²) in [5.74, 6) is -0.196. The van der Waals surface area contributed by atoms with Gasteiger partial charge in [0.15, 0.2) is 0 Å². The number of hydrogen-bond acceptors (Lipinski definition) is 7. The molecule has 11 heteroatoms. The number of H-pyrrole nitrogens is 1. The van der Waals surface area contributed by atoms with Crippen molar-refractivity contribution in [3.63, 3.8) is 0 Å². The number of aromatic nitrogens is 2. The molecule has 0 atom stereocenters. The Morgan fingerprint density at radius 2 is 1.94 bits per heavy atom. The fourth-order valence-corrected chi connectivity index (χ4v) is 3.09. The van der Waals surface area contributed by atoms with Crippen molar-refractivity contribution in [2.24, 2.45) is 0 Å². The number of nitrogens with zero attached hydrogens (tertiary/aromatic N) is 3. The van der Waals surface area contributed by atoms with Gasteiger partial charge in [-0.15, -0.1) is 0 Å². The van der Waals surface area contributed by atoms with Crippen LogP contribution in [0.1, 0.15) is 19.8 Å². The molecule has 0 spiro atoms. The summed E-state index contributed by atoms with van der Waals surface area (Å²) in [5.41, 5.74) is 5.38. The molecule has 1 aromatic carbocycles. The topological polar surface area (TPSA) is 143 Å². The lowest BCUT2D eigenvalue weighted by molar-refractivity contribution is -0.132. The van der Waals surface area contributed by atoms with E-state index in [1.165, 1.54) is 35.6 Å². The van der Waals surface area contributed by atoms with Crippen molar-refractivity contribution >= 4 is 29.0 Å². The minimum atomic E-state index is -0.672. The Bertz CT molecular complexity index is 1080. The van der Waals surface area contributed by atoms with Gasteiger partial charge >= 0.3 is 5.69 Å². The lowest BCUT2D eigenvalue weighted by Gasteiger charge is -2.24. The van der Waals surface area contributed by atoms with E-state index in [0.29, 0.717) is 24.4 Å². The molecule has 2 aromatic rings. The van der Waals surface area contributed by atoms with E-state index in [2.05, 4.69) is 10.3 Å². The average Bonchev–Trinajstić information content (AvgIpc) is 2.73. The first-order chi connectivity index (χ1) is 15.2. The predicted octanol–water partition coefficient (Wildman–Crippen LogP) is 0.461. The van der Waals surface area contributed by atoms with Crippen LogP contribution < -0.4 is 31.9 Å². The average molecular weight is 447 g/mol. The lowest BCUT2D eigenvalue weighted by atomic mass is 10.3. The number of amides is 2. The van der Waals surface area contributed by atoms with Crippen LogP contribution in [-0.2, 0) is 16.1 Å². The zero-order chi connectivity index (χ0) is 23.8. The maximum atomic E-state index is 12.6. The number of rotatable bonds is 10. The van der Waals surface area contributed by atoms with Gasteiger partial charge in [-0.25, -0.2) is 4.79 Å². The van der Waals surface area contributed by atoms with Gasteiger partial charge in [0, 0.05) is 32.4 Å². The number of nitrogen functional groups attached to an aromatic ring is 1. The summed E-state index contributed by atoms with van der Waals surface area (Å²) in [6.07, 6.45) is 1.56. The SMILES string of the molecule is CCCCn1c(N)c(N(C)CC(=O)N(C)CC(=O)Nc2cccc(OC)c2)c(=O)[nH]c1=O. The molecule has 1 heterocycles. The summed E-state index contributed by atoms with van der Waals surface area (Å²) < 4.78 is 6.40. The summed E-state index contributed by atoms with van der Waals surface area (Å²) in [7, 11) is 4.53. The highest BCUT2D eigenvalue weighted by Gasteiger charge is 2.20. The molecule has 0 bridgehead atoms. The quantitative estimate of drug-likeness (QED) is 0.481. The van der Waals surface area contributed by atoms with Crippen molar-refractivity contribution in [3.05, 3.63) is 45.1 Å². The number of carbonyl (C=O) groups is 2. The minimum absolute atomic E-state index is 0.000853. The third-order valence-corrected chi connectivity index (χ3v) is 4.86. The number of unbranched alkanes of at least 4 members (excludes halogenated alkanes) is 1. The fourth-order valence-electron chi connectivity index (χ4n) is 3.09. The number of aromatic amines is 1. The number of nitrogens with one attached hydrogen (secondary N) is 2. The zero-order valence-electron chi connectivity index (χ0n) is 18.8. The van der Waals surface area contributed by atoms with Gasteiger partial charge < -0.3 is 25.6 Å². The molecule has 0 unspecified atom stereocenters. The molecule has 0 saturated heterocycles. The number of anilines is 3. The Balaban J connectivity index is 2.06. The molecule has 11 nitrogen and oxygen atoms in total. The lowest BCUT2D eigenvalue weighted by Crippen LogP contribution is -2.43. The van der Waals surface area contributed by atoms with Crippen LogP contribution in [0.3, 0.4) is 0 Å². The second-order valence-corrected chi connectivity index (χ2v) is 7.38. The van der Waals surface area contributed by atoms with E-state index >= 15 is 0 Å². The Hall–Kier alpha value is -3.76. The standard InChI is InChI=1S/C21H30N6O5/c1-5-6-10-27-19(22)18(20(30)24-21(27)31)26(3)13-17(29)25(2)12-16(28)23-14-8-7-9-15(11-14)32-4/h7-9,11H,5-6,10,12-13,22H2,1-4H3,(H,23,28)(H,24,30,31). The van der Waals surface area contributed by atoms with Gasteiger partial charge in [-0.1, -0.05) is 19.4 Å². The van der Waals surface area contributed by atoms with Crippen LogP contribution in [0.2, 0.25) is 0 Å². The molecular weight excluding hydrogens is 416 g/mol. The third-order valence-electron chi connectivity index (χ3n) is 4.86. The van der Waals surface area contributed by atoms with Gasteiger partial charge in [0.1, 0.15) is 17.3 Å². The second-order valence-electron chi connectivity index (χ2n) is 7.38. The first-order valence-corrected chi connectivity index (χ1v) is 10.2. The first kappa shape index (κ1) is 24.5. The fraction of sp³-hybridized carbons (Fsp3) is 0.429. The highest BCUT2D eigenvalue weighted by Crippen LogP contribution is 2.17. The largest absolute Gasteiger partial charge is 0.497 e. The number of methoxy groups -OCH3 is 1. The van der Waals surface area contributed by atoms with Crippen molar-refractivity contribution in [2.75, 3.05) is 50.2 Å². The number of nitrogens with two attached hydrogens (primary N) is 1. The van der Waals surface area contributed by atoms with E-state index < -0.39 is 17.2 Å². The maximum absolute atomic E-state index is 12.6. The van der Waals surface area contributed by atoms with Crippen molar-refractivity contribution in [1.29, 1.82) is 0 Å². The summed E-state index contributed by atoms with van der Waals surface area (Å²) in [5, 5.41) is 2.70. The van der Waals surface area contributed by atoms with E-state index in [4.69, 9.17) is 10.5 Å². The number of carbonyl (C=O) groups excluding carboxylic acids is 2. The molecule has 2 amide bonds. The van der Waals surface area contributed by atoms with Gasteiger partial charge in [0.05, 0.1) is 20.2 Å². The predicted molar refractivity (Wildman–Crippen MR) is 123 cm³/mol. The Labute approximate surface area is 185 Å². The van der Waals surface area contributed by atoms with Crippen LogP contribution >= 0.6 is 0 Å². The Morgan fingerprint density at radius 1 is 1.22 bits per heavy atom. The molecular formula is C21H30N6O5. The van der Waals surface area contributed by atoms with Crippen LogP contribution in [0.25, 0.3) is 0 Å². The molecule has 2 rings (SSSR count). The van der Waals surface area contributed by atoms with Crippen LogP contribution in [0.5, 0.6) is 5.75 Å². The number of hydrogen-bond donors (Lipinski definition) is 3. The minimum Gasteiger partial charge on any atom is -0.497 e. The number of likely N-dealkylation sites (N-methyl/N-ethyl adjacent to an activating group) is 2. The van der Waals surface area contributed by atoms with Crippen molar-refractivity contribution in [2.45, 2.75) is 26.3 Å². The van der Waals surface area contributed by atoms with E-state index in [1.807, 2.05) is 6.92 Å². The molecule has 4 N–H and O–H groups in total. The molecule has 0 radical (unpaired) electrons. The molecule has 174 valence electrons. The van der Waals surface area contributed by atoms with Gasteiger partial charge in [0.25, 0.3) is 5.56 Å². The third kappa shape index (κ3) is 6.13. The summed E-state index contributed by atoms with van der Waals surface area (Å²) in [6.45, 7) is 1.93. The smallest absolute Gasteiger partial charge is 0.330 e. The van der Waals surface area contributed by atoms with Gasteiger partial charge in [-0.2, -0.15) is 0 Å². The number of benzene rings is 1. The van der Waals surface area contributed by atoms with Crippen molar-refractivity contribution in [1.82, 2.24) is 14.5 Å². The summed E-state index contributed by atoms with van der Waals surface area (Å²) >= 11 is 0.